The van der Waals surface area contributed by atoms with Gasteiger partial charge in [-0.15, -0.1) is 0 Å². The molecule has 0 aromatic rings. The summed E-state index contributed by atoms with van der Waals surface area (Å²) in [4.78, 5) is 11.2. The van der Waals surface area contributed by atoms with Gasteiger partial charge in [-0.25, -0.2) is 0 Å². The molecule has 4 nitrogen and oxygen atoms in total. The van der Waals surface area contributed by atoms with E-state index >= 15 is 0 Å². The maximum absolute atomic E-state index is 11.2. The van der Waals surface area contributed by atoms with Gasteiger partial charge in [-0.1, -0.05) is 19.8 Å². The van der Waals surface area contributed by atoms with E-state index in [0.29, 0.717) is 26.2 Å². The molecule has 1 fully saturated rings. The van der Waals surface area contributed by atoms with Gasteiger partial charge in [0.05, 0.1) is 13.2 Å². The second-order valence-electron chi connectivity index (χ2n) is 3.32. The average Bonchev–Trinajstić information content (AvgIpc) is 2.20. The summed E-state index contributed by atoms with van der Waals surface area (Å²) in [7, 11) is 0. The molecule has 14 heavy (non-hydrogen) atoms. The maximum atomic E-state index is 11.2. The van der Waals surface area contributed by atoms with Gasteiger partial charge in [0.1, 0.15) is 6.61 Å². The summed E-state index contributed by atoms with van der Waals surface area (Å²) in [6.07, 6.45) is 3.06. The van der Waals surface area contributed by atoms with Crippen molar-refractivity contribution in [2.24, 2.45) is 0 Å². The number of carbonyl (C=O) groups is 1. The highest BCUT2D eigenvalue weighted by Gasteiger charge is 2.18. The Balaban J connectivity index is 2.06. The van der Waals surface area contributed by atoms with Gasteiger partial charge in [0.25, 0.3) is 0 Å². The number of unbranched alkanes of at least 4 members (excludes halogenated alkanes) is 2. The summed E-state index contributed by atoms with van der Waals surface area (Å²) in [6.45, 7) is 3.56. The van der Waals surface area contributed by atoms with E-state index in [1.165, 1.54) is 0 Å². The minimum absolute atomic E-state index is 0.186. The van der Waals surface area contributed by atoms with Crippen molar-refractivity contribution < 1.29 is 19.0 Å². The fourth-order valence-electron chi connectivity index (χ4n) is 1.26. The molecule has 0 amide bonds. The predicted molar refractivity (Wildman–Crippen MR) is 50.8 cm³/mol. The number of hydrogen-bond donors (Lipinski definition) is 0. The topological polar surface area (TPSA) is 44.8 Å². The first-order valence-electron chi connectivity index (χ1n) is 5.21. The molecule has 1 aliphatic rings. The molecule has 0 bridgehead atoms. The summed E-state index contributed by atoms with van der Waals surface area (Å²) >= 11 is 0. The number of ether oxygens (including phenoxy) is 3. The summed E-state index contributed by atoms with van der Waals surface area (Å²) in [6, 6.07) is 0. The van der Waals surface area contributed by atoms with Crippen molar-refractivity contribution in [1.29, 1.82) is 0 Å². The lowest BCUT2D eigenvalue weighted by Crippen LogP contribution is -2.32. The van der Waals surface area contributed by atoms with Crippen LogP contribution in [0.1, 0.15) is 32.6 Å². The SMILES string of the molecule is CCCCCC(=O)OC1COCCO1. The Bertz CT molecular complexity index is 164. The Morgan fingerprint density at radius 1 is 1.43 bits per heavy atom. The van der Waals surface area contributed by atoms with E-state index in [-0.39, 0.29) is 5.97 Å². The standard InChI is InChI=1S/C10H18O4/c1-2-3-4-5-9(11)14-10-8-12-6-7-13-10/h10H,2-8H2,1H3. The van der Waals surface area contributed by atoms with Gasteiger partial charge in [0.2, 0.25) is 6.29 Å². The Labute approximate surface area is 84.5 Å². The van der Waals surface area contributed by atoms with E-state index in [4.69, 9.17) is 14.2 Å². The molecular formula is C10H18O4. The zero-order valence-corrected chi connectivity index (χ0v) is 8.66. The zero-order chi connectivity index (χ0) is 10.2. The first kappa shape index (κ1) is 11.5. The Morgan fingerprint density at radius 3 is 2.93 bits per heavy atom. The maximum Gasteiger partial charge on any atom is 0.308 e. The third kappa shape index (κ3) is 4.58. The summed E-state index contributed by atoms with van der Waals surface area (Å²) < 4.78 is 15.3. The lowest BCUT2D eigenvalue weighted by atomic mass is 10.2. The second kappa shape index (κ2) is 6.79. The molecule has 4 heteroatoms. The third-order valence-electron chi connectivity index (χ3n) is 2.03. The van der Waals surface area contributed by atoms with Crippen molar-refractivity contribution in [1.82, 2.24) is 0 Å². The van der Waals surface area contributed by atoms with Crippen LogP contribution < -0.4 is 0 Å². The van der Waals surface area contributed by atoms with E-state index < -0.39 is 6.29 Å². The molecule has 1 atom stereocenters. The van der Waals surface area contributed by atoms with Gasteiger partial charge in [-0.2, -0.15) is 0 Å². The van der Waals surface area contributed by atoms with Crippen LogP contribution in [0.15, 0.2) is 0 Å². The molecular weight excluding hydrogens is 184 g/mol. The van der Waals surface area contributed by atoms with Crippen LogP contribution in [0.4, 0.5) is 0 Å². The molecule has 0 aromatic carbocycles. The largest absolute Gasteiger partial charge is 0.433 e. The first-order valence-corrected chi connectivity index (χ1v) is 5.21. The second-order valence-corrected chi connectivity index (χ2v) is 3.32. The molecule has 1 rings (SSSR count). The van der Waals surface area contributed by atoms with Crippen molar-refractivity contribution >= 4 is 5.97 Å². The Hall–Kier alpha value is -0.610. The van der Waals surface area contributed by atoms with Crippen LogP contribution >= 0.6 is 0 Å². The molecule has 1 unspecified atom stereocenters. The number of hydrogen-bond acceptors (Lipinski definition) is 4. The van der Waals surface area contributed by atoms with Crippen molar-refractivity contribution in [3.8, 4) is 0 Å². The molecule has 1 aliphatic heterocycles. The predicted octanol–water partition coefficient (Wildman–Crippen LogP) is 1.48. The fourth-order valence-corrected chi connectivity index (χ4v) is 1.26. The van der Waals surface area contributed by atoms with E-state index in [9.17, 15) is 4.79 Å². The molecule has 0 aliphatic carbocycles. The van der Waals surface area contributed by atoms with E-state index in [2.05, 4.69) is 6.92 Å². The highest BCUT2D eigenvalue weighted by Crippen LogP contribution is 2.06. The minimum atomic E-state index is -0.488. The van der Waals surface area contributed by atoms with E-state index in [0.717, 1.165) is 19.3 Å². The number of rotatable bonds is 5. The van der Waals surface area contributed by atoms with Crippen LogP contribution in [-0.2, 0) is 19.0 Å². The van der Waals surface area contributed by atoms with Gasteiger partial charge < -0.3 is 14.2 Å². The number of carbonyl (C=O) groups excluding carboxylic acids is 1. The van der Waals surface area contributed by atoms with Crippen LogP contribution in [0.2, 0.25) is 0 Å². The quantitative estimate of drug-likeness (QED) is 0.500. The van der Waals surface area contributed by atoms with Crippen LogP contribution in [0.5, 0.6) is 0 Å². The van der Waals surface area contributed by atoms with Crippen LogP contribution in [0.3, 0.4) is 0 Å². The highest BCUT2D eigenvalue weighted by molar-refractivity contribution is 5.69. The molecule has 0 N–H and O–H groups in total. The van der Waals surface area contributed by atoms with Crippen molar-refractivity contribution in [2.75, 3.05) is 19.8 Å². The average molecular weight is 202 g/mol. The zero-order valence-electron chi connectivity index (χ0n) is 8.66. The normalized spacial score (nSPS) is 21.9. The molecule has 0 spiro atoms. The number of esters is 1. The van der Waals surface area contributed by atoms with Crippen LogP contribution in [-0.4, -0.2) is 32.1 Å². The Morgan fingerprint density at radius 2 is 2.29 bits per heavy atom. The van der Waals surface area contributed by atoms with E-state index in [1.54, 1.807) is 0 Å². The lowest BCUT2D eigenvalue weighted by Gasteiger charge is -2.22. The van der Waals surface area contributed by atoms with Crippen LogP contribution in [0, 0.1) is 0 Å². The van der Waals surface area contributed by atoms with Crippen molar-refractivity contribution in [3.63, 3.8) is 0 Å². The van der Waals surface area contributed by atoms with Crippen molar-refractivity contribution in [3.05, 3.63) is 0 Å². The van der Waals surface area contributed by atoms with Gasteiger partial charge in [0, 0.05) is 6.42 Å². The molecule has 0 aromatic heterocycles. The summed E-state index contributed by atoms with van der Waals surface area (Å²) in [5.41, 5.74) is 0. The minimum Gasteiger partial charge on any atom is -0.433 e. The molecule has 1 saturated heterocycles. The Kier molecular flexibility index (Phi) is 5.56. The molecule has 1 heterocycles. The van der Waals surface area contributed by atoms with E-state index in [1.807, 2.05) is 0 Å². The van der Waals surface area contributed by atoms with Gasteiger partial charge in [0.15, 0.2) is 0 Å². The van der Waals surface area contributed by atoms with Gasteiger partial charge >= 0.3 is 5.97 Å². The smallest absolute Gasteiger partial charge is 0.308 e. The monoisotopic (exact) mass is 202 g/mol. The molecule has 0 radical (unpaired) electrons. The van der Waals surface area contributed by atoms with Gasteiger partial charge in [-0.05, 0) is 6.42 Å². The van der Waals surface area contributed by atoms with Gasteiger partial charge in [-0.3, -0.25) is 4.79 Å². The third-order valence-corrected chi connectivity index (χ3v) is 2.03. The lowest BCUT2D eigenvalue weighted by molar-refractivity contribution is -0.214. The summed E-state index contributed by atoms with van der Waals surface area (Å²) in [5, 5.41) is 0. The molecule has 82 valence electrons. The fraction of sp³-hybridized carbons (Fsp3) is 0.900. The molecule has 0 saturated carbocycles. The summed E-state index contributed by atoms with van der Waals surface area (Å²) in [5.74, 6) is -0.186. The first-order chi connectivity index (χ1) is 6.83. The van der Waals surface area contributed by atoms with Crippen molar-refractivity contribution in [2.45, 2.75) is 38.9 Å². The highest BCUT2D eigenvalue weighted by atomic mass is 16.7. The van der Waals surface area contributed by atoms with Crippen LogP contribution in [0.25, 0.3) is 0 Å².